The molecule has 0 saturated carbocycles. The second kappa shape index (κ2) is 7.88. The summed E-state index contributed by atoms with van der Waals surface area (Å²) >= 11 is 0. The van der Waals surface area contributed by atoms with E-state index < -0.39 is 0 Å². The number of rotatable bonds is 5. The summed E-state index contributed by atoms with van der Waals surface area (Å²) in [7, 11) is 2.14. The summed E-state index contributed by atoms with van der Waals surface area (Å²) in [5, 5.41) is 3.53. The first kappa shape index (κ1) is 17.1. The first-order valence-electron chi connectivity index (χ1n) is 9.26. The van der Waals surface area contributed by atoms with Crippen LogP contribution in [-0.4, -0.2) is 56.2 Å². The summed E-state index contributed by atoms with van der Waals surface area (Å²) in [5.74, 6) is 2.01. The molecular formula is C19H31N5. The summed E-state index contributed by atoms with van der Waals surface area (Å²) in [4.78, 5) is 11.9. The Hall–Kier alpha value is -1.75. The first-order valence-corrected chi connectivity index (χ1v) is 9.26. The highest BCUT2D eigenvalue weighted by Crippen LogP contribution is 2.31. The van der Waals surface area contributed by atoms with E-state index in [2.05, 4.69) is 52.7 Å². The first-order chi connectivity index (χ1) is 11.6. The average molecular weight is 329 g/mol. The van der Waals surface area contributed by atoms with Gasteiger partial charge < -0.3 is 20.0 Å². The lowest BCUT2D eigenvalue weighted by Crippen LogP contribution is -2.39. The fraction of sp³-hybridized carbons (Fsp3) is 0.632. The number of nitrogens with zero attached hydrogens (tertiary/aromatic N) is 4. The van der Waals surface area contributed by atoms with Crippen LogP contribution in [0.3, 0.4) is 0 Å². The van der Waals surface area contributed by atoms with Crippen molar-refractivity contribution < 1.29 is 0 Å². The van der Waals surface area contributed by atoms with E-state index >= 15 is 0 Å². The van der Waals surface area contributed by atoms with Gasteiger partial charge in [-0.3, -0.25) is 0 Å². The highest BCUT2D eigenvalue weighted by atomic mass is 15.3. The van der Waals surface area contributed by atoms with E-state index in [4.69, 9.17) is 4.98 Å². The molecule has 3 heterocycles. The lowest BCUT2D eigenvalue weighted by molar-refractivity contribution is 0.231. The van der Waals surface area contributed by atoms with Crippen molar-refractivity contribution in [3.63, 3.8) is 0 Å². The van der Waals surface area contributed by atoms with Gasteiger partial charge in [-0.25, -0.2) is 4.98 Å². The Balaban J connectivity index is 1.63. The SMILES string of the molecule is C=C(NCCN1CCCCC1)N1CCCN(C)c2ccc(C)nc21. The number of anilines is 2. The molecule has 0 radical (unpaired) electrons. The van der Waals surface area contributed by atoms with Gasteiger partial charge in [0.2, 0.25) is 0 Å². The maximum absolute atomic E-state index is 4.80. The number of hydrogen-bond donors (Lipinski definition) is 1. The molecule has 0 atom stereocenters. The third kappa shape index (κ3) is 4.01. The van der Waals surface area contributed by atoms with Crippen LogP contribution in [0.2, 0.25) is 0 Å². The van der Waals surface area contributed by atoms with Crippen LogP contribution >= 0.6 is 0 Å². The average Bonchev–Trinajstić information content (AvgIpc) is 2.74. The molecule has 0 aliphatic carbocycles. The zero-order chi connectivity index (χ0) is 16.9. The van der Waals surface area contributed by atoms with Crippen LogP contribution in [0.4, 0.5) is 11.5 Å². The smallest absolute Gasteiger partial charge is 0.158 e. The zero-order valence-electron chi connectivity index (χ0n) is 15.2. The number of hydrogen-bond acceptors (Lipinski definition) is 5. The second-order valence-electron chi connectivity index (χ2n) is 7.00. The number of pyridine rings is 1. The predicted octanol–water partition coefficient (Wildman–Crippen LogP) is 2.58. The predicted molar refractivity (Wildman–Crippen MR) is 102 cm³/mol. The molecule has 0 unspecified atom stereocenters. The molecule has 2 aliphatic heterocycles. The van der Waals surface area contributed by atoms with E-state index in [1.165, 1.54) is 38.0 Å². The standard InChI is InChI=1S/C19H31N5/c1-16-8-9-18-19(21-16)24(14-7-11-22(18)3)17(2)20-10-15-23-12-5-4-6-13-23/h8-9,20H,2,4-7,10-15H2,1,3H3. The third-order valence-corrected chi connectivity index (χ3v) is 5.07. The van der Waals surface area contributed by atoms with Crippen molar-refractivity contribution in [1.82, 2.24) is 15.2 Å². The lowest BCUT2D eigenvalue weighted by Gasteiger charge is -2.29. The van der Waals surface area contributed by atoms with Crippen molar-refractivity contribution in [2.75, 3.05) is 56.1 Å². The summed E-state index contributed by atoms with van der Waals surface area (Å²) in [6, 6.07) is 4.27. The van der Waals surface area contributed by atoms with Gasteiger partial charge >= 0.3 is 0 Å². The molecular weight excluding hydrogens is 298 g/mol. The van der Waals surface area contributed by atoms with Crippen LogP contribution < -0.4 is 15.1 Å². The van der Waals surface area contributed by atoms with Crippen LogP contribution in [0.15, 0.2) is 24.5 Å². The van der Waals surface area contributed by atoms with Crippen LogP contribution in [0.5, 0.6) is 0 Å². The Morgan fingerprint density at radius 2 is 1.92 bits per heavy atom. The molecule has 1 aromatic heterocycles. The maximum Gasteiger partial charge on any atom is 0.158 e. The van der Waals surface area contributed by atoms with Gasteiger partial charge in [0.25, 0.3) is 0 Å². The Morgan fingerprint density at radius 1 is 1.12 bits per heavy atom. The van der Waals surface area contributed by atoms with E-state index in [0.29, 0.717) is 0 Å². The number of aromatic nitrogens is 1. The van der Waals surface area contributed by atoms with Gasteiger partial charge in [0.15, 0.2) is 5.82 Å². The molecule has 132 valence electrons. The molecule has 1 saturated heterocycles. The highest BCUT2D eigenvalue weighted by molar-refractivity contribution is 5.70. The van der Waals surface area contributed by atoms with Crippen LogP contribution in [-0.2, 0) is 0 Å². The number of fused-ring (bicyclic) bond motifs is 1. The van der Waals surface area contributed by atoms with Crippen molar-refractivity contribution in [2.24, 2.45) is 0 Å². The largest absolute Gasteiger partial charge is 0.372 e. The monoisotopic (exact) mass is 329 g/mol. The quantitative estimate of drug-likeness (QED) is 0.898. The number of likely N-dealkylation sites (tertiary alicyclic amines) is 1. The minimum absolute atomic E-state index is 0.951. The Bertz CT molecular complexity index is 565. The van der Waals surface area contributed by atoms with Gasteiger partial charge in [0.1, 0.15) is 0 Å². The summed E-state index contributed by atoms with van der Waals surface area (Å²) < 4.78 is 0. The van der Waals surface area contributed by atoms with Gasteiger partial charge in [-0.1, -0.05) is 13.0 Å². The van der Waals surface area contributed by atoms with Crippen molar-refractivity contribution in [3.05, 3.63) is 30.2 Å². The minimum atomic E-state index is 0.951. The Kier molecular flexibility index (Phi) is 5.61. The molecule has 1 aromatic rings. The molecule has 0 bridgehead atoms. The fourth-order valence-corrected chi connectivity index (χ4v) is 3.62. The van der Waals surface area contributed by atoms with Crippen LogP contribution in [0.25, 0.3) is 0 Å². The molecule has 0 amide bonds. The van der Waals surface area contributed by atoms with Gasteiger partial charge in [-0.05, 0) is 51.4 Å². The minimum Gasteiger partial charge on any atom is -0.372 e. The van der Waals surface area contributed by atoms with E-state index in [-0.39, 0.29) is 0 Å². The van der Waals surface area contributed by atoms with E-state index in [1.807, 2.05) is 0 Å². The molecule has 1 fully saturated rings. The molecule has 5 nitrogen and oxygen atoms in total. The van der Waals surface area contributed by atoms with Crippen molar-refractivity contribution in [1.29, 1.82) is 0 Å². The number of aryl methyl sites for hydroxylation is 1. The van der Waals surface area contributed by atoms with Crippen LogP contribution in [0, 0.1) is 6.92 Å². The summed E-state index contributed by atoms with van der Waals surface area (Å²) in [5.41, 5.74) is 2.24. The van der Waals surface area contributed by atoms with E-state index in [1.54, 1.807) is 0 Å². The molecule has 24 heavy (non-hydrogen) atoms. The van der Waals surface area contributed by atoms with Gasteiger partial charge in [-0.15, -0.1) is 0 Å². The number of piperidine rings is 1. The summed E-state index contributed by atoms with van der Waals surface area (Å²) in [6.45, 7) is 12.9. The van der Waals surface area contributed by atoms with E-state index in [9.17, 15) is 0 Å². The van der Waals surface area contributed by atoms with Crippen molar-refractivity contribution in [3.8, 4) is 0 Å². The second-order valence-corrected chi connectivity index (χ2v) is 7.00. The highest BCUT2D eigenvalue weighted by Gasteiger charge is 2.22. The third-order valence-electron chi connectivity index (χ3n) is 5.07. The molecule has 0 aromatic carbocycles. The van der Waals surface area contributed by atoms with Crippen molar-refractivity contribution in [2.45, 2.75) is 32.6 Å². The van der Waals surface area contributed by atoms with E-state index in [0.717, 1.165) is 49.9 Å². The molecule has 5 heteroatoms. The molecule has 0 spiro atoms. The molecule has 2 aliphatic rings. The van der Waals surface area contributed by atoms with Crippen molar-refractivity contribution >= 4 is 11.5 Å². The molecule has 3 rings (SSSR count). The topological polar surface area (TPSA) is 34.6 Å². The lowest BCUT2D eigenvalue weighted by atomic mass is 10.1. The van der Waals surface area contributed by atoms with Gasteiger partial charge in [0, 0.05) is 38.9 Å². The van der Waals surface area contributed by atoms with Gasteiger partial charge in [-0.2, -0.15) is 0 Å². The Morgan fingerprint density at radius 3 is 2.71 bits per heavy atom. The van der Waals surface area contributed by atoms with Crippen LogP contribution in [0.1, 0.15) is 31.4 Å². The normalized spacial score (nSPS) is 18.9. The van der Waals surface area contributed by atoms with Gasteiger partial charge in [0.05, 0.1) is 11.5 Å². The molecule has 1 N–H and O–H groups in total. The zero-order valence-corrected chi connectivity index (χ0v) is 15.2. The Labute approximate surface area is 146 Å². The summed E-state index contributed by atoms with van der Waals surface area (Å²) in [6.07, 6.45) is 5.18. The maximum atomic E-state index is 4.80. The fourth-order valence-electron chi connectivity index (χ4n) is 3.62. The number of nitrogens with one attached hydrogen (secondary N) is 1.